The van der Waals surface area contributed by atoms with Gasteiger partial charge in [-0.3, -0.25) is 9.78 Å². The summed E-state index contributed by atoms with van der Waals surface area (Å²) in [5.41, 5.74) is 3.71. The largest absolute Gasteiger partial charge is 0.496 e. The van der Waals surface area contributed by atoms with E-state index < -0.39 is 0 Å². The molecule has 0 unspecified atom stereocenters. The maximum absolute atomic E-state index is 12.1. The molecule has 0 fully saturated rings. The lowest BCUT2D eigenvalue weighted by atomic mass is 10.1. The summed E-state index contributed by atoms with van der Waals surface area (Å²) in [7, 11) is 1.64. The van der Waals surface area contributed by atoms with E-state index >= 15 is 0 Å². The number of aryl methyl sites for hydroxylation is 2. The van der Waals surface area contributed by atoms with Crippen molar-refractivity contribution < 1.29 is 9.53 Å². The van der Waals surface area contributed by atoms with Crippen LogP contribution in [0.1, 0.15) is 27.4 Å². The number of thiazole rings is 1. The molecule has 0 saturated carbocycles. The molecule has 0 spiro atoms. The summed E-state index contributed by atoms with van der Waals surface area (Å²) in [6.07, 6.45) is 2.08. The number of amides is 1. The standard InChI is InChI=1S/C15H19N3O2S2/c1-8-6-16-11(9(2)14(8)20-4)7-17-13(19)5-12-10(3)18-15(21)22-12/h6H,5,7H2,1-4H3,(H,17,19)(H,18,21). The number of H-pyrrole nitrogens is 1. The van der Waals surface area contributed by atoms with Crippen LogP contribution in [0, 0.1) is 24.7 Å². The van der Waals surface area contributed by atoms with E-state index in [4.69, 9.17) is 17.0 Å². The van der Waals surface area contributed by atoms with E-state index in [0.717, 1.165) is 33.1 Å². The molecule has 1 amide bonds. The number of nitrogens with one attached hydrogen (secondary N) is 2. The third-order valence-electron chi connectivity index (χ3n) is 3.45. The average molecular weight is 337 g/mol. The van der Waals surface area contributed by atoms with E-state index in [2.05, 4.69) is 15.3 Å². The van der Waals surface area contributed by atoms with Crippen LogP contribution in [0.2, 0.25) is 0 Å². The summed E-state index contributed by atoms with van der Waals surface area (Å²) in [4.78, 5) is 20.4. The van der Waals surface area contributed by atoms with Crippen molar-refractivity contribution in [2.45, 2.75) is 33.7 Å². The SMILES string of the molecule is COc1c(C)cnc(CNC(=O)Cc2sc(=S)[nH]c2C)c1C. The molecule has 0 radical (unpaired) electrons. The Morgan fingerprint density at radius 1 is 1.45 bits per heavy atom. The molecular formula is C15H19N3O2S2. The first-order chi connectivity index (χ1) is 10.4. The van der Waals surface area contributed by atoms with Crippen molar-refractivity contribution in [2.75, 3.05) is 7.11 Å². The van der Waals surface area contributed by atoms with Crippen molar-refractivity contribution >= 4 is 29.5 Å². The van der Waals surface area contributed by atoms with Gasteiger partial charge in [-0.05, 0) is 33.0 Å². The number of aromatic nitrogens is 2. The lowest BCUT2D eigenvalue weighted by Gasteiger charge is -2.12. The molecule has 2 rings (SSSR count). The van der Waals surface area contributed by atoms with Crippen molar-refractivity contribution in [3.8, 4) is 5.75 Å². The highest BCUT2D eigenvalue weighted by Gasteiger charge is 2.12. The van der Waals surface area contributed by atoms with Gasteiger partial charge in [-0.1, -0.05) is 0 Å². The van der Waals surface area contributed by atoms with E-state index in [1.807, 2.05) is 20.8 Å². The molecule has 0 bridgehead atoms. The number of pyridine rings is 1. The molecule has 0 aliphatic carbocycles. The smallest absolute Gasteiger partial charge is 0.225 e. The van der Waals surface area contributed by atoms with Crippen LogP contribution in [-0.4, -0.2) is 23.0 Å². The number of ether oxygens (including phenoxy) is 1. The molecule has 0 aliphatic heterocycles. The zero-order valence-electron chi connectivity index (χ0n) is 13.1. The summed E-state index contributed by atoms with van der Waals surface area (Å²) in [6.45, 7) is 6.20. The molecule has 22 heavy (non-hydrogen) atoms. The maximum Gasteiger partial charge on any atom is 0.225 e. The van der Waals surface area contributed by atoms with Gasteiger partial charge < -0.3 is 15.0 Å². The third-order valence-corrected chi connectivity index (χ3v) is 4.78. The van der Waals surface area contributed by atoms with Gasteiger partial charge in [-0.15, -0.1) is 11.3 Å². The number of aromatic amines is 1. The van der Waals surface area contributed by atoms with Crippen LogP contribution in [0.15, 0.2) is 6.20 Å². The highest BCUT2D eigenvalue weighted by molar-refractivity contribution is 7.73. The first kappa shape index (κ1) is 16.6. The number of methoxy groups -OCH3 is 1. The minimum Gasteiger partial charge on any atom is -0.496 e. The molecule has 0 atom stereocenters. The Hall–Kier alpha value is -1.73. The van der Waals surface area contributed by atoms with E-state index in [1.165, 1.54) is 11.3 Å². The number of hydrogen-bond acceptors (Lipinski definition) is 5. The molecule has 7 heteroatoms. The lowest BCUT2D eigenvalue weighted by molar-refractivity contribution is -0.120. The average Bonchev–Trinajstić information content (AvgIpc) is 2.76. The fourth-order valence-electron chi connectivity index (χ4n) is 2.25. The van der Waals surface area contributed by atoms with Gasteiger partial charge in [-0.2, -0.15) is 0 Å². The number of hydrogen-bond donors (Lipinski definition) is 2. The first-order valence-corrected chi connectivity index (χ1v) is 8.09. The minimum absolute atomic E-state index is 0.0471. The number of carbonyl (C=O) groups is 1. The van der Waals surface area contributed by atoms with Crippen LogP contribution in [0.5, 0.6) is 5.75 Å². The molecule has 0 aromatic carbocycles. The summed E-state index contributed by atoms with van der Waals surface area (Å²) in [6, 6.07) is 0. The second-order valence-electron chi connectivity index (χ2n) is 5.06. The van der Waals surface area contributed by atoms with Crippen LogP contribution < -0.4 is 10.1 Å². The van der Waals surface area contributed by atoms with E-state index in [1.54, 1.807) is 13.3 Å². The molecule has 2 N–H and O–H groups in total. The number of nitrogens with zero attached hydrogens (tertiary/aromatic N) is 1. The van der Waals surface area contributed by atoms with Gasteiger partial charge in [0.1, 0.15) is 5.75 Å². The Bertz CT molecular complexity index is 750. The fourth-order valence-corrected chi connectivity index (χ4v) is 3.54. The molecule has 2 aromatic heterocycles. The zero-order chi connectivity index (χ0) is 16.3. The molecule has 2 aromatic rings. The molecule has 0 saturated heterocycles. The normalized spacial score (nSPS) is 10.5. The monoisotopic (exact) mass is 337 g/mol. The Labute approximate surface area is 138 Å². The van der Waals surface area contributed by atoms with Gasteiger partial charge in [0.05, 0.1) is 25.8 Å². The Morgan fingerprint density at radius 2 is 2.18 bits per heavy atom. The minimum atomic E-state index is -0.0471. The van der Waals surface area contributed by atoms with Gasteiger partial charge in [0, 0.05) is 27.9 Å². The molecular weight excluding hydrogens is 318 g/mol. The Morgan fingerprint density at radius 3 is 2.77 bits per heavy atom. The Kier molecular flexibility index (Phi) is 5.31. The van der Waals surface area contributed by atoms with Gasteiger partial charge >= 0.3 is 0 Å². The summed E-state index contributed by atoms with van der Waals surface area (Å²) in [5.74, 6) is 0.771. The highest BCUT2D eigenvalue weighted by Crippen LogP contribution is 2.23. The van der Waals surface area contributed by atoms with Crippen LogP contribution in [-0.2, 0) is 17.8 Å². The van der Waals surface area contributed by atoms with E-state index in [0.29, 0.717) is 16.9 Å². The lowest BCUT2D eigenvalue weighted by Crippen LogP contribution is -2.25. The third kappa shape index (κ3) is 3.72. The topological polar surface area (TPSA) is 67.0 Å². The fraction of sp³-hybridized carbons (Fsp3) is 0.400. The Balaban J connectivity index is 2.02. The van der Waals surface area contributed by atoms with Gasteiger partial charge in [0.15, 0.2) is 3.95 Å². The van der Waals surface area contributed by atoms with E-state index in [9.17, 15) is 4.79 Å². The van der Waals surface area contributed by atoms with Crippen molar-refractivity contribution in [3.63, 3.8) is 0 Å². The summed E-state index contributed by atoms with van der Waals surface area (Å²) >= 11 is 6.52. The van der Waals surface area contributed by atoms with Crippen molar-refractivity contribution in [1.82, 2.24) is 15.3 Å². The quantitative estimate of drug-likeness (QED) is 0.823. The molecule has 0 aliphatic rings. The number of carbonyl (C=O) groups excluding carboxylic acids is 1. The van der Waals surface area contributed by atoms with Crippen LogP contribution in [0.25, 0.3) is 0 Å². The molecule has 2 heterocycles. The second kappa shape index (κ2) is 7.02. The van der Waals surface area contributed by atoms with Crippen molar-refractivity contribution in [2.24, 2.45) is 0 Å². The predicted molar refractivity (Wildman–Crippen MR) is 90.1 cm³/mol. The maximum atomic E-state index is 12.1. The van der Waals surface area contributed by atoms with Crippen molar-refractivity contribution in [1.29, 1.82) is 0 Å². The number of rotatable bonds is 5. The highest BCUT2D eigenvalue weighted by atomic mass is 32.1. The van der Waals surface area contributed by atoms with Crippen LogP contribution in [0.4, 0.5) is 0 Å². The van der Waals surface area contributed by atoms with Gasteiger partial charge in [-0.25, -0.2) is 0 Å². The first-order valence-electron chi connectivity index (χ1n) is 6.86. The van der Waals surface area contributed by atoms with Gasteiger partial charge in [0.2, 0.25) is 5.91 Å². The zero-order valence-corrected chi connectivity index (χ0v) is 14.7. The van der Waals surface area contributed by atoms with Crippen LogP contribution >= 0.6 is 23.6 Å². The molecule has 118 valence electrons. The predicted octanol–water partition coefficient (Wildman–Crippen LogP) is 2.99. The second-order valence-corrected chi connectivity index (χ2v) is 6.83. The van der Waals surface area contributed by atoms with Crippen LogP contribution in [0.3, 0.4) is 0 Å². The summed E-state index contributed by atoms with van der Waals surface area (Å²) in [5, 5.41) is 2.90. The summed E-state index contributed by atoms with van der Waals surface area (Å²) < 4.78 is 6.07. The molecule has 5 nitrogen and oxygen atoms in total. The van der Waals surface area contributed by atoms with E-state index in [-0.39, 0.29) is 5.91 Å². The van der Waals surface area contributed by atoms with Gasteiger partial charge in [0.25, 0.3) is 0 Å². The van der Waals surface area contributed by atoms with Crippen molar-refractivity contribution in [3.05, 3.63) is 37.5 Å².